The average Bonchev–Trinajstić information content (AvgIpc) is 1.36. The molecule has 1 aliphatic rings. The largest absolute Gasteiger partial charge is 0.494 e. The van der Waals surface area contributed by atoms with Crippen molar-refractivity contribution in [3.8, 4) is 109 Å². The summed E-state index contributed by atoms with van der Waals surface area (Å²) in [6.07, 6.45) is 19.4. The fraction of sp³-hybridized carbons (Fsp3) is 0.299. The van der Waals surface area contributed by atoms with Gasteiger partial charge in [0.05, 0.1) is 17.2 Å². The second-order valence-corrected chi connectivity index (χ2v) is 28.7. The van der Waals surface area contributed by atoms with Crippen LogP contribution in [0, 0.1) is 41.5 Å². The van der Waals surface area contributed by atoms with Crippen LogP contribution in [0.25, 0.3) is 103 Å². The molecule has 0 radical (unpaired) electrons. The van der Waals surface area contributed by atoms with E-state index in [1.807, 2.05) is 102 Å². The molecule has 0 bridgehead atoms. The Morgan fingerprint density at radius 1 is 0.465 bits per heavy atom. The molecule has 27 heteroatoms. The summed E-state index contributed by atoms with van der Waals surface area (Å²) in [6.45, 7) is 24.0. The molecule has 5 aromatic carbocycles. The van der Waals surface area contributed by atoms with Gasteiger partial charge in [-0.25, -0.2) is 4.79 Å². The fourth-order valence-corrected chi connectivity index (χ4v) is 12.0. The molecule has 1 fully saturated rings. The minimum absolute atomic E-state index is 0.0195. The lowest BCUT2D eigenvalue weighted by atomic mass is 9.96. The third-order valence-corrected chi connectivity index (χ3v) is 18.7. The van der Waals surface area contributed by atoms with Crippen molar-refractivity contribution in [1.82, 2.24) is 75.5 Å². The first-order valence-corrected chi connectivity index (χ1v) is 38.0. The van der Waals surface area contributed by atoms with Gasteiger partial charge in [-0.2, -0.15) is 38.1 Å². The predicted molar refractivity (Wildman–Crippen MR) is 428 cm³/mol. The summed E-state index contributed by atoms with van der Waals surface area (Å²) in [7, 11) is 0. The minimum Gasteiger partial charge on any atom is -0.494 e. The number of hydrogen-bond acceptors (Lipinski definition) is 22. The number of benzene rings is 5. The van der Waals surface area contributed by atoms with Crippen molar-refractivity contribution in [3.05, 3.63) is 244 Å². The van der Waals surface area contributed by atoms with E-state index in [-0.39, 0.29) is 34.3 Å². The summed E-state index contributed by atoms with van der Waals surface area (Å²) in [5.74, 6) is 5.75. The van der Waals surface area contributed by atoms with Gasteiger partial charge in [0.15, 0.2) is 5.82 Å². The lowest BCUT2D eigenvalue weighted by Gasteiger charge is -2.32. The van der Waals surface area contributed by atoms with E-state index in [1.165, 1.54) is 72.4 Å². The highest BCUT2D eigenvalue weighted by molar-refractivity contribution is 6.31. The Hall–Kier alpha value is -12.5. The standard InChI is InChI=1S/C21H29N3O4.C21H25N3O.C16H15N3O.C15H13N3O.C14H7ClF3N3O/c1-6-26-17-13-16(8-7-14(17)2)19-22-18(23-28-19)15-9-11-24(12-10-15)20(25)27-21(3,4)5;1-2-3-4-5-6-7-8-17-9-11-19(12-10-17)21-23-20(24-25-21)18-13-15-22-16-14-18;1-10-6-14(9-17-8-10)15-18-16(20-19-15)13-5-4-11(2)12(3)7-13;1-10-5-6-12(8-11(10)2)15-17-14(18-19-15)13-4-3-7-16-9-13;15-11-2-1-9(7-10(11)14(16,17)18)13-20-12(21-22-13)8-3-5-19-6-4-8/h7-8,13,15H,6,9-12H2,1-5H3;9-16H,2-8H2,1H3;4-9H,1-3H3;3-9H,1-2H3;1-7H. The van der Waals surface area contributed by atoms with E-state index >= 15 is 0 Å². The molecule has 0 saturated carbocycles. The zero-order valence-corrected chi connectivity index (χ0v) is 66.2. The number of carbonyl (C=O) groups is 1. The summed E-state index contributed by atoms with van der Waals surface area (Å²) in [5, 5.41) is 19.6. The van der Waals surface area contributed by atoms with E-state index in [1.54, 1.807) is 66.6 Å². The second kappa shape index (κ2) is 39.1. The molecule has 588 valence electrons. The highest BCUT2D eigenvalue weighted by atomic mass is 35.5. The summed E-state index contributed by atoms with van der Waals surface area (Å²) in [6, 6.07) is 42.8. The smallest absolute Gasteiger partial charge is 0.417 e. The highest BCUT2D eigenvalue weighted by Crippen LogP contribution is 2.38. The number of carbonyl (C=O) groups excluding carboxylic acids is 1. The molecule has 10 heterocycles. The first-order chi connectivity index (χ1) is 54.9. The van der Waals surface area contributed by atoms with E-state index in [2.05, 4.69) is 154 Å². The molecule has 23 nitrogen and oxygen atoms in total. The van der Waals surface area contributed by atoms with Crippen molar-refractivity contribution in [1.29, 1.82) is 0 Å². The van der Waals surface area contributed by atoms with Crippen molar-refractivity contribution in [3.63, 3.8) is 0 Å². The molecule has 1 aliphatic heterocycles. The first kappa shape index (κ1) is 82.5. The summed E-state index contributed by atoms with van der Waals surface area (Å²) < 4.78 is 76.2. The third kappa shape index (κ3) is 23.1. The Kier molecular flexibility index (Phi) is 28.3. The van der Waals surface area contributed by atoms with E-state index in [4.69, 9.17) is 43.7 Å². The van der Waals surface area contributed by atoms with E-state index in [9.17, 15) is 18.0 Å². The van der Waals surface area contributed by atoms with Gasteiger partial charge >= 0.3 is 12.3 Å². The van der Waals surface area contributed by atoms with Crippen LogP contribution in [0.2, 0.25) is 5.02 Å². The van der Waals surface area contributed by atoms with Gasteiger partial charge in [0.25, 0.3) is 29.5 Å². The SMILES string of the molecule is CCCCCCCCc1ccc(-c2nc(-c3ccncc3)no2)cc1.CCOc1cc(-c2nc(C3CCN(C(=O)OC(C)(C)C)CC3)no2)ccc1C.Cc1ccc(-c2nc(-c3cccnc3)no2)cc1C.Cc1cncc(-c2noc(-c3ccc(C)c(C)c3)n2)c1.FC(F)(F)c1cc(-c2nc(-c3ccncc3)no2)ccc1Cl. The monoisotopic (exact) mass is 1560 g/mol. The molecule has 9 aromatic heterocycles. The third-order valence-electron chi connectivity index (χ3n) is 18.4. The number of aromatic nitrogens is 14. The van der Waals surface area contributed by atoms with Gasteiger partial charge in [-0.05, 0) is 243 Å². The van der Waals surface area contributed by atoms with E-state index in [0.29, 0.717) is 72.1 Å². The van der Waals surface area contributed by atoms with Crippen LogP contribution < -0.4 is 4.74 Å². The van der Waals surface area contributed by atoms with Crippen LogP contribution in [0.3, 0.4) is 0 Å². The molecule has 15 rings (SSSR count). The van der Waals surface area contributed by atoms with Crippen molar-refractivity contribution >= 4 is 17.7 Å². The number of halogens is 4. The molecule has 0 aliphatic carbocycles. The molecule has 0 spiro atoms. The van der Waals surface area contributed by atoms with Crippen LogP contribution in [0.15, 0.2) is 212 Å². The van der Waals surface area contributed by atoms with Crippen molar-refractivity contribution < 1.29 is 50.1 Å². The molecule has 1 saturated heterocycles. The molecule has 114 heavy (non-hydrogen) atoms. The lowest BCUT2D eigenvalue weighted by Crippen LogP contribution is -2.41. The van der Waals surface area contributed by atoms with Crippen LogP contribution in [-0.2, 0) is 17.3 Å². The van der Waals surface area contributed by atoms with Gasteiger partial charge < -0.3 is 37.0 Å². The average molecular weight is 1570 g/mol. The number of aryl methyl sites for hydroxylation is 7. The number of likely N-dealkylation sites (tertiary alicyclic amines) is 1. The van der Waals surface area contributed by atoms with Crippen LogP contribution in [0.1, 0.15) is 142 Å². The lowest BCUT2D eigenvalue weighted by molar-refractivity contribution is -0.137. The maximum atomic E-state index is 12.9. The fourth-order valence-electron chi connectivity index (χ4n) is 11.8. The molecule has 0 atom stereocenters. The summed E-state index contributed by atoms with van der Waals surface area (Å²) >= 11 is 5.58. The Balaban J connectivity index is 0.000000141. The van der Waals surface area contributed by atoms with Gasteiger partial charge in [-0.3, -0.25) is 19.9 Å². The number of unbranched alkanes of at least 4 members (excludes halogenated alkanes) is 5. The number of nitrogens with zero attached hydrogens (tertiary/aromatic N) is 15. The van der Waals surface area contributed by atoms with Gasteiger partial charge in [0, 0.05) is 119 Å². The van der Waals surface area contributed by atoms with E-state index in [0.717, 1.165) is 87.2 Å². The zero-order chi connectivity index (χ0) is 80.7. The topological polar surface area (TPSA) is 285 Å². The first-order valence-electron chi connectivity index (χ1n) is 37.6. The predicted octanol–water partition coefficient (Wildman–Crippen LogP) is 21.9. The van der Waals surface area contributed by atoms with Crippen molar-refractivity contribution in [2.45, 2.75) is 152 Å². The number of alkyl halides is 3. The number of amides is 1. The van der Waals surface area contributed by atoms with E-state index < -0.39 is 17.3 Å². The van der Waals surface area contributed by atoms with Crippen LogP contribution >= 0.6 is 11.6 Å². The Morgan fingerprint density at radius 3 is 1.46 bits per heavy atom. The van der Waals surface area contributed by atoms with Gasteiger partial charge in [0.1, 0.15) is 11.4 Å². The Labute approximate surface area is 664 Å². The van der Waals surface area contributed by atoms with Crippen LogP contribution in [0.5, 0.6) is 5.75 Å². The molecular weight excluding hydrogens is 1480 g/mol. The summed E-state index contributed by atoms with van der Waals surface area (Å²) in [5.41, 5.74) is 14.1. The Morgan fingerprint density at radius 2 is 0.939 bits per heavy atom. The molecule has 14 aromatic rings. The maximum Gasteiger partial charge on any atom is 0.417 e. The quantitative estimate of drug-likeness (QED) is 0.0680. The van der Waals surface area contributed by atoms with Crippen molar-refractivity contribution in [2.24, 2.45) is 0 Å². The van der Waals surface area contributed by atoms with Crippen LogP contribution in [-0.4, -0.2) is 107 Å². The van der Waals surface area contributed by atoms with Crippen LogP contribution in [0.4, 0.5) is 18.0 Å². The van der Waals surface area contributed by atoms with Gasteiger partial charge in [0.2, 0.25) is 23.3 Å². The normalized spacial score (nSPS) is 12.1. The maximum absolute atomic E-state index is 12.9. The Bertz CT molecular complexity index is 5390. The molecule has 1 amide bonds. The van der Waals surface area contributed by atoms with Gasteiger partial charge in [-0.15, -0.1) is 0 Å². The zero-order valence-electron chi connectivity index (χ0n) is 65.4. The number of ether oxygens (including phenoxy) is 2. The highest BCUT2D eigenvalue weighted by Gasteiger charge is 2.34. The molecular formula is C87H89ClF3N15O8. The molecule has 0 unspecified atom stereocenters. The second-order valence-electron chi connectivity index (χ2n) is 28.3. The summed E-state index contributed by atoms with van der Waals surface area (Å²) in [4.78, 5) is 52.0. The number of rotatable bonds is 19. The number of piperidine rings is 1. The van der Waals surface area contributed by atoms with Gasteiger partial charge in [-0.1, -0.05) is 107 Å². The number of pyridine rings is 4. The minimum atomic E-state index is -4.55. The number of hydrogen-bond donors (Lipinski definition) is 0. The molecule has 0 N–H and O–H groups in total. The van der Waals surface area contributed by atoms with Crippen molar-refractivity contribution in [2.75, 3.05) is 19.7 Å².